The van der Waals surface area contributed by atoms with Gasteiger partial charge in [0.2, 0.25) is 0 Å². The number of carbonyl (C=O) groups is 1. The first kappa shape index (κ1) is 19.2. The van der Waals surface area contributed by atoms with E-state index in [4.69, 9.17) is 0 Å². The van der Waals surface area contributed by atoms with Gasteiger partial charge in [-0.2, -0.15) is 18.3 Å². The van der Waals surface area contributed by atoms with Gasteiger partial charge in [-0.05, 0) is 52.7 Å². The predicted octanol–water partition coefficient (Wildman–Crippen LogP) is 3.49. The lowest BCUT2D eigenvalue weighted by Crippen LogP contribution is -2.44. The minimum absolute atomic E-state index is 0.0333. The third-order valence-electron chi connectivity index (χ3n) is 5.86. The van der Waals surface area contributed by atoms with Crippen LogP contribution in [0.3, 0.4) is 0 Å². The lowest BCUT2D eigenvalue weighted by molar-refractivity contribution is -0.142. The van der Waals surface area contributed by atoms with E-state index >= 15 is 0 Å². The zero-order valence-electron chi connectivity index (χ0n) is 15.6. The van der Waals surface area contributed by atoms with Gasteiger partial charge in [0.05, 0.1) is 11.6 Å². The van der Waals surface area contributed by atoms with Crippen molar-refractivity contribution in [1.82, 2.24) is 19.6 Å². The topological polar surface area (TPSA) is 41.4 Å². The number of aromatic nitrogens is 2. The molecule has 3 rings (SSSR count). The zero-order chi connectivity index (χ0) is 19.1. The van der Waals surface area contributed by atoms with Crippen molar-refractivity contribution >= 4 is 5.91 Å². The number of hydrogen-bond acceptors (Lipinski definition) is 3. The highest BCUT2D eigenvalue weighted by atomic mass is 19.4. The first-order chi connectivity index (χ1) is 12.2. The Morgan fingerprint density at radius 1 is 1.15 bits per heavy atom. The van der Waals surface area contributed by atoms with Gasteiger partial charge < -0.3 is 9.80 Å². The number of likely N-dealkylation sites (tertiary alicyclic amines) is 1. The molecule has 0 N–H and O–H groups in total. The molecule has 0 radical (unpaired) electrons. The highest BCUT2D eigenvalue weighted by Crippen LogP contribution is 2.37. The number of hydrogen-bond donors (Lipinski definition) is 0. The molecule has 2 fully saturated rings. The van der Waals surface area contributed by atoms with E-state index in [-0.39, 0.29) is 17.6 Å². The molecule has 1 aliphatic heterocycles. The van der Waals surface area contributed by atoms with Gasteiger partial charge >= 0.3 is 6.18 Å². The molecule has 0 unspecified atom stereocenters. The first-order valence-electron chi connectivity index (χ1n) is 9.32. The standard InChI is InChI=1S/C18H27F3N4O/c1-12-15(17(26)24(3)13-8-10-23(2)11-9-13)16(18(19,20)21)22-25(12)14-6-4-5-7-14/h13-14H,4-11H2,1-3H3. The van der Waals surface area contributed by atoms with E-state index in [1.807, 2.05) is 7.05 Å². The summed E-state index contributed by atoms with van der Waals surface area (Å²) in [5.41, 5.74) is -0.966. The maximum atomic E-state index is 13.6. The number of amides is 1. The molecule has 0 aromatic carbocycles. The monoisotopic (exact) mass is 372 g/mol. The average molecular weight is 372 g/mol. The molecule has 2 heterocycles. The molecule has 1 aliphatic carbocycles. The van der Waals surface area contributed by atoms with Gasteiger partial charge in [0.25, 0.3) is 5.91 Å². The lowest BCUT2D eigenvalue weighted by atomic mass is 10.0. The summed E-state index contributed by atoms with van der Waals surface area (Å²) in [5, 5.41) is 3.86. The molecule has 0 bridgehead atoms. The Kier molecular flexibility index (Phi) is 5.33. The molecule has 1 saturated heterocycles. The summed E-state index contributed by atoms with van der Waals surface area (Å²) in [6.07, 6.45) is 0.531. The van der Waals surface area contributed by atoms with E-state index in [9.17, 15) is 18.0 Å². The van der Waals surface area contributed by atoms with Crippen molar-refractivity contribution in [3.8, 4) is 0 Å². The van der Waals surface area contributed by atoms with Crippen molar-refractivity contribution in [2.75, 3.05) is 27.2 Å². The Morgan fingerprint density at radius 3 is 2.27 bits per heavy atom. The normalized spacial score (nSPS) is 20.7. The second-order valence-electron chi connectivity index (χ2n) is 7.64. The molecule has 2 aliphatic rings. The van der Waals surface area contributed by atoms with Crippen molar-refractivity contribution in [1.29, 1.82) is 0 Å². The number of alkyl halides is 3. The zero-order valence-corrected chi connectivity index (χ0v) is 15.6. The summed E-state index contributed by atoms with van der Waals surface area (Å²) < 4.78 is 42.2. The van der Waals surface area contributed by atoms with Gasteiger partial charge in [0, 0.05) is 18.8 Å². The summed E-state index contributed by atoms with van der Waals surface area (Å²) in [6, 6.07) is -0.0692. The Balaban J connectivity index is 1.93. The van der Waals surface area contributed by atoms with Gasteiger partial charge in [0.1, 0.15) is 0 Å². The summed E-state index contributed by atoms with van der Waals surface area (Å²) >= 11 is 0. The van der Waals surface area contributed by atoms with Gasteiger partial charge in [-0.3, -0.25) is 9.48 Å². The van der Waals surface area contributed by atoms with E-state index in [2.05, 4.69) is 10.00 Å². The smallest absolute Gasteiger partial charge is 0.339 e. The molecule has 8 heteroatoms. The first-order valence-corrected chi connectivity index (χ1v) is 9.32. The van der Waals surface area contributed by atoms with Gasteiger partial charge in [-0.15, -0.1) is 0 Å². The molecule has 146 valence electrons. The molecule has 1 aromatic heterocycles. The number of halogens is 3. The summed E-state index contributed by atoms with van der Waals surface area (Å²) in [5.74, 6) is -0.561. The fraction of sp³-hybridized carbons (Fsp3) is 0.778. The Labute approximate surface area is 152 Å². The molecular weight excluding hydrogens is 345 g/mol. The fourth-order valence-electron chi connectivity index (χ4n) is 4.20. The summed E-state index contributed by atoms with van der Waals surface area (Å²) in [4.78, 5) is 16.7. The van der Waals surface area contributed by atoms with Crippen LogP contribution in [-0.4, -0.2) is 58.7 Å². The van der Waals surface area contributed by atoms with Crippen LogP contribution in [-0.2, 0) is 6.18 Å². The SMILES string of the molecule is Cc1c(C(=O)N(C)C2CCN(C)CC2)c(C(F)(F)F)nn1C1CCCC1. The van der Waals surface area contributed by atoms with E-state index in [0.29, 0.717) is 5.69 Å². The number of carbonyl (C=O) groups excluding carboxylic acids is 1. The largest absolute Gasteiger partial charge is 0.435 e. The van der Waals surface area contributed by atoms with Crippen LogP contribution in [0.5, 0.6) is 0 Å². The Hall–Kier alpha value is -1.57. The molecule has 1 saturated carbocycles. The minimum Gasteiger partial charge on any atom is -0.339 e. The highest BCUT2D eigenvalue weighted by Gasteiger charge is 2.43. The van der Waals surface area contributed by atoms with Gasteiger partial charge in [-0.1, -0.05) is 12.8 Å². The van der Waals surface area contributed by atoms with E-state index < -0.39 is 17.8 Å². The fourth-order valence-corrected chi connectivity index (χ4v) is 4.20. The number of rotatable bonds is 3. The lowest BCUT2D eigenvalue weighted by Gasteiger charge is -2.35. The predicted molar refractivity (Wildman–Crippen MR) is 92.1 cm³/mol. The van der Waals surface area contributed by atoms with Crippen LogP contribution in [0.25, 0.3) is 0 Å². The third-order valence-corrected chi connectivity index (χ3v) is 5.86. The number of piperidine rings is 1. The summed E-state index contributed by atoms with van der Waals surface area (Å²) in [6.45, 7) is 3.28. The number of nitrogens with zero attached hydrogens (tertiary/aromatic N) is 4. The molecule has 1 amide bonds. The van der Waals surface area contributed by atoms with E-state index in [1.165, 1.54) is 9.58 Å². The van der Waals surface area contributed by atoms with Crippen molar-refractivity contribution in [2.45, 2.75) is 63.7 Å². The van der Waals surface area contributed by atoms with Crippen LogP contribution in [0.15, 0.2) is 0 Å². The second-order valence-corrected chi connectivity index (χ2v) is 7.64. The van der Waals surface area contributed by atoms with E-state index in [1.54, 1.807) is 14.0 Å². The van der Waals surface area contributed by atoms with Gasteiger partial charge in [-0.25, -0.2) is 0 Å². The molecule has 5 nitrogen and oxygen atoms in total. The van der Waals surface area contributed by atoms with Crippen LogP contribution >= 0.6 is 0 Å². The van der Waals surface area contributed by atoms with Crippen molar-refractivity contribution in [3.63, 3.8) is 0 Å². The summed E-state index contributed by atoms with van der Waals surface area (Å²) in [7, 11) is 3.63. The third kappa shape index (κ3) is 3.61. The quantitative estimate of drug-likeness (QED) is 0.816. The average Bonchev–Trinajstić information content (AvgIpc) is 3.21. The van der Waals surface area contributed by atoms with Crippen molar-refractivity contribution in [2.24, 2.45) is 0 Å². The van der Waals surface area contributed by atoms with Crippen molar-refractivity contribution in [3.05, 3.63) is 17.0 Å². The van der Waals surface area contributed by atoms with Crippen LogP contribution < -0.4 is 0 Å². The maximum absolute atomic E-state index is 13.6. The van der Waals surface area contributed by atoms with Crippen LogP contribution in [0.4, 0.5) is 13.2 Å². The molecular formula is C18H27F3N4O. The maximum Gasteiger partial charge on any atom is 0.435 e. The van der Waals surface area contributed by atoms with Crippen LogP contribution in [0.2, 0.25) is 0 Å². The van der Waals surface area contributed by atoms with Crippen LogP contribution in [0.1, 0.15) is 66.3 Å². The van der Waals surface area contributed by atoms with Crippen molar-refractivity contribution < 1.29 is 18.0 Å². The van der Waals surface area contributed by atoms with E-state index in [0.717, 1.165) is 51.6 Å². The molecule has 0 spiro atoms. The Morgan fingerprint density at radius 2 is 1.73 bits per heavy atom. The highest BCUT2D eigenvalue weighted by molar-refractivity contribution is 5.96. The Bertz CT molecular complexity index is 656. The molecule has 0 atom stereocenters. The minimum atomic E-state index is -4.63. The molecule has 26 heavy (non-hydrogen) atoms. The molecule has 1 aromatic rings. The van der Waals surface area contributed by atoms with Gasteiger partial charge in [0.15, 0.2) is 5.69 Å². The second kappa shape index (κ2) is 7.21. The van der Waals surface area contributed by atoms with Crippen LogP contribution in [0, 0.1) is 6.92 Å².